The van der Waals surface area contributed by atoms with E-state index in [4.69, 9.17) is 5.73 Å². The number of carbonyl (C=O) groups is 1. The highest BCUT2D eigenvalue weighted by Crippen LogP contribution is 2.08. The molecule has 0 heterocycles. The van der Waals surface area contributed by atoms with Crippen LogP contribution in [0.25, 0.3) is 0 Å². The lowest BCUT2D eigenvalue weighted by atomic mass is 10.1. The van der Waals surface area contributed by atoms with Crippen LogP contribution in [0.4, 0.5) is 5.69 Å². The molecule has 0 saturated heterocycles. The average molecular weight is 224 g/mol. The molecule has 2 N–H and O–H groups in total. The van der Waals surface area contributed by atoms with Crippen molar-refractivity contribution >= 4 is 24.4 Å². The molecule has 1 aromatic carbocycles. The molecule has 0 aromatic heterocycles. The van der Waals surface area contributed by atoms with Crippen molar-refractivity contribution in [3.63, 3.8) is 0 Å². The van der Waals surface area contributed by atoms with Gasteiger partial charge in [-0.1, -0.05) is 31.9 Å². The lowest BCUT2D eigenvalue weighted by molar-refractivity contribution is -0.125. The standard InChI is InChI=1S/C11H16N2OS/c1-2-7-13(15)11(14)8-9-3-5-10(12)6-4-9/h3-6,15H,2,7-8,12H2,1H3. The summed E-state index contributed by atoms with van der Waals surface area (Å²) in [7, 11) is 0. The van der Waals surface area contributed by atoms with Gasteiger partial charge in [-0.15, -0.1) is 0 Å². The van der Waals surface area contributed by atoms with Crippen LogP contribution in [-0.2, 0) is 11.2 Å². The van der Waals surface area contributed by atoms with Crippen molar-refractivity contribution in [1.29, 1.82) is 0 Å². The minimum atomic E-state index is 0.0185. The smallest absolute Gasteiger partial charge is 0.236 e. The molecule has 3 nitrogen and oxygen atoms in total. The number of benzene rings is 1. The van der Waals surface area contributed by atoms with E-state index in [-0.39, 0.29) is 5.91 Å². The molecule has 0 saturated carbocycles. The molecule has 0 unspecified atom stereocenters. The van der Waals surface area contributed by atoms with Crippen molar-refractivity contribution in [3.8, 4) is 0 Å². The summed E-state index contributed by atoms with van der Waals surface area (Å²) in [5.41, 5.74) is 7.23. The summed E-state index contributed by atoms with van der Waals surface area (Å²) in [4.78, 5) is 11.6. The summed E-state index contributed by atoms with van der Waals surface area (Å²) in [6.07, 6.45) is 1.29. The Kier molecular flexibility index (Phi) is 4.49. The maximum atomic E-state index is 11.6. The normalized spacial score (nSPS) is 10.0. The molecule has 1 aromatic rings. The zero-order chi connectivity index (χ0) is 11.3. The minimum Gasteiger partial charge on any atom is -0.399 e. The molecule has 0 atom stereocenters. The first-order valence-corrected chi connectivity index (χ1v) is 5.37. The van der Waals surface area contributed by atoms with Crippen LogP contribution in [0.5, 0.6) is 0 Å². The van der Waals surface area contributed by atoms with E-state index in [1.54, 1.807) is 12.1 Å². The Hall–Kier alpha value is -1.16. The van der Waals surface area contributed by atoms with Crippen molar-refractivity contribution < 1.29 is 4.79 Å². The van der Waals surface area contributed by atoms with Gasteiger partial charge in [-0.25, -0.2) is 0 Å². The number of rotatable bonds is 4. The van der Waals surface area contributed by atoms with Gasteiger partial charge in [0.2, 0.25) is 5.91 Å². The van der Waals surface area contributed by atoms with E-state index in [1.165, 1.54) is 4.31 Å². The first-order valence-electron chi connectivity index (χ1n) is 4.97. The lowest BCUT2D eigenvalue weighted by Crippen LogP contribution is -2.24. The van der Waals surface area contributed by atoms with Gasteiger partial charge in [0.1, 0.15) is 0 Å². The summed E-state index contributed by atoms with van der Waals surface area (Å²) in [6, 6.07) is 7.32. The van der Waals surface area contributed by atoms with Crippen molar-refractivity contribution in [2.45, 2.75) is 19.8 Å². The van der Waals surface area contributed by atoms with Gasteiger partial charge in [-0.05, 0) is 24.1 Å². The van der Waals surface area contributed by atoms with Gasteiger partial charge in [-0.3, -0.25) is 9.10 Å². The quantitative estimate of drug-likeness (QED) is 0.606. The van der Waals surface area contributed by atoms with Gasteiger partial charge < -0.3 is 5.73 Å². The number of thiol groups is 1. The molecule has 1 rings (SSSR count). The van der Waals surface area contributed by atoms with E-state index in [0.717, 1.165) is 12.0 Å². The van der Waals surface area contributed by atoms with Gasteiger partial charge in [-0.2, -0.15) is 0 Å². The van der Waals surface area contributed by atoms with Crippen LogP contribution in [0.15, 0.2) is 24.3 Å². The maximum Gasteiger partial charge on any atom is 0.236 e. The van der Waals surface area contributed by atoms with Crippen LogP contribution >= 0.6 is 12.8 Å². The molecular weight excluding hydrogens is 208 g/mol. The summed E-state index contributed by atoms with van der Waals surface area (Å²) in [5.74, 6) is 0.0185. The Morgan fingerprint density at radius 1 is 1.40 bits per heavy atom. The second kappa shape index (κ2) is 5.66. The fraction of sp³-hybridized carbons (Fsp3) is 0.364. The van der Waals surface area contributed by atoms with E-state index in [0.29, 0.717) is 18.7 Å². The minimum absolute atomic E-state index is 0.0185. The Labute approximate surface area is 95.8 Å². The lowest BCUT2D eigenvalue weighted by Gasteiger charge is -2.14. The number of anilines is 1. The Morgan fingerprint density at radius 3 is 2.53 bits per heavy atom. The fourth-order valence-electron chi connectivity index (χ4n) is 1.24. The SMILES string of the molecule is CCCN(S)C(=O)Cc1ccc(N)cc1. The van der Waals surface area contributed by atoms with E-state index >= 15 is 0 Å². The predicted molar refractivity (Wildman–Crippen MR) is 65.5 cm³/mol. The largest absolute Gasteiger partial charge is 0.399 e. The highest BCUT2D eigenvalue weighted by atomic mass is 32.1. The molecule has 0 aliphatic rings. The molecule has 15 heavy (non-hydrogen) atoms. The van der Waals surface area contributed by atoms with E-state index in [1.807, 2.05) is 19.1 Å². The Balaban J connectivity index is 2.54. The van der Waals surface area contributed by atoms with Gasteiger partial charge in [0, 0.05) is 12.2 Å². The third-order valence-corrected chi connectivity index (χ3v) is 2.48. The number of nitrogens with two attached hydrogens (primary N) is 1. The monoisotopic (exact) mass is 224 g/mol. The fourth-order valence-corrected chi connectivity index (χ4v) is 1.51. The van der Waals surface area contributed by atoms with E-state index in [9.17, 15) is 4.79 Å². The predicted octanol–water partition coefficient (Wildman–Crippen LogP) is 1.89. The molecule has 4 heteroatoms. The van der Waals surface area contributed by atoms with Crippen LogP contribution < -0.4 is 5.73 Å². The maximum absolute atomic E-state index is 11.6. The number of carbonyl (C=O) groups excluding carboxylic acids is 1. The van der Waals surface area contributed by atoms with E-state index < -0.39 is 0 Å². The van der Waals surface area contributed by atoms with Crippen molar-refractivity contribution in [2.75, 3.05) is 12.3 Å². The highest BCUT2D eigenvalue weighted by molar-refractivity contribution is 7.78. The number of amides is 1. The van der Waals surface area contributed by atoms with Crippen LogP contribution in [0.3, 0.4) is 0 Å². The van der Waals surface area contributed by atoms with E-state index in [2.05, 4.69) is 12.8 Å². The summed E-state index contributed by atoms with van der Waals surface area (Å²) < 4.78 is 1.45. The molecule has 0 spiro atoms. The average Bonchev–Trinajstić information content (AvgIpc) is 2.22. The molecular formula is C11H16N2OS. The highest BCUT2D eigenvalue weighted by Gasteiger charge is 2.09. The van der Waals surface area contributed by atoms with Crippen LogP contribution in [-0.4, -0.2) is 16.8 Å². The Morgan fingerprint density at radius 2 is 2.00 bits per heavy atom. The molecule has 0 radical (unpaired) electrons. The second-order valence-corrected chi connectivity index (χ2v) is 3.92. The molecule has 0 bridgehead atoms. The summed E-state index contributed by atoms with van der Waals surface area (Å²) in [6.45, 7) is 2.69. The van der Waals surface area contributed by atoms with Crippen molar-refractivity contribution in [2.24, 2.45) is 0 Å². The van der Waals surface area contributed by atoms with Gasteiger partial charge in [0.25, 0.3) is 0 Å². The molecule has 82 valence electrons. The van der Waals surface area contributed by atoms with Crippen LogP contribution in [0.1, 0.15) is 18.9 Å². The number of nitrogens with zero attached hydrogens (tertiary/aromatic N) is 1. The van der Waals surface area contributed by atoms with Gasteiger partial charge >= 0.3 is 0 Å². The molecule has 1 amide bonds. The van der Waals surface area contributed by atoms with Gasteiger partial charge in [0.15, 0.2) is 0 Å². The van der Waals surface area contributed by atoms with Crippen LogP contribution in [0.2, 0.25) is 0 Å². The first kappa shape index (κ1) is 11.9. The third kappa shape index (κ3) is 3.83. The van der Waals surface area contributed by atoms with Crippen molar-refractivity contribution in [1.82, 2.24) is 4.31 Å². The van der Waals surface area contributed by atoms with Gasteiger partial charge in [0.05, 0.1) is 6.42 Å². The zero-order valence-corrected chi connectivity index (χ0v) is 9.71. The third-order valence-electron chi connectivity index (χ3n) is 2.06. The first-order chi connectivity index (χ1) is 7.13. The number of hydrogen-bond donors (Lipinski definition) is 2. The molecule has 0 aliphatic heterocycles. The van der Waals surface area contributed by atoms with Crippen molar-refractivity contribution in [3.05, 3.63) is 29.8 Å². The summed E-state index contributed by atoms with van der Waals surface area (Å²) >= 11 is 4.11. The molecule has 0 fully saturated rings. The number of nitrogen functional groups attached to an aromatic ring is 1. The molecule has 0 aliphatic carbocycles. The Bertz CT molecular complexity index is 324. The second-order valence-electron chi connectivity index (χ2n) is 3.44. The van der Waals surface area contributed by atoms with Crippen LogP contribution in [0, 0.1) is 0 Å². The number of hydrogen-bond acceptors (Lipinski definition) is 3. The summed E-state index contributed by atoms with van der Waals surface area (Å²) in [5, 5.41) is 0. The topological polar surface area (TPSA) is 46.3 Å². The zero-order valence-electron chi connectivity index (χ0n) is 8.81.